The van der Waals surface area contributed by atoms with Crippen LogP contribution in [0.3, 0.4) is 0 Å². The largest absolute Gasteiger partial charge is 0.477 e. The number of aliphatic hydroxyl groups is 14. The van der Waals surface area contributed by atoms with Crippen LogP contribution in [0.1, 0.15) is 33.6 Å². The minimum atomic E-state index is -3.17. The van der Waals surface area contributed by atoms with Gasteiger partial charge in [0, 0.05) is 26.7 Å². The highest BCUT2D eigenvalue weighted by atomic mass is 16.8. The van der Waals surface area contributed by atoms with E-state index in [-0.39, 0.29) is 6.42 Å². The molecule has 382 valence electrons. The fourth-order valence-corrected chi connectivity index (χ4v) is 8.49. The average molecular weight is 967 g/mol. The van der Waals surface area contributed by atoms with E-state index in [0.29, 0.717) is 0 Å². The van der Waals surface area contributed by atoms with Gasteiger partial charge >= 0.3 is 5.97 Å². The average Bonchev–Trinajstić information content (AvgIpc) is 3.26. The Hall–Kier alpha value is -2.51. The summed E-state index contributed by atoms with van der Waals surface area (Å²) in [5, 5.41) is 165. The third-order valence-electron chi connectivity index (χ3n) is 11.9. The molecule has 2 amide bonds. The molecule has 0 aliphatic carbocycles. The van der Waals surface area contributed by atoms with Gasteiger partial charge in [-0.25, -0.2) is 4.79 Å². The van der Waals surface area contributed by atoms with Crippen LogP contribution in [0.4, 0.5) is 0 Å². The first-order valence-corrected chi connectivity index (χ1v) is 21.0. The van der Waals surface area contributed by atoms with E-state index in [1.807, 2.05) is 0 Å². The summed E-state index contributed by atoms with van der Waals surface area (Å²) in [6.07, 6.45) is -43.0. The van der Waals surface area contributed by atoms with Gasteiger partial charge in [0.25, 0.3) is 5.79 Å². The summed E-state index contributed by atoms with van der Waals surface area (Å²) >= 11 is 0. The van der Waals surface area contributed by atoms with Gasteiger partial charge in [-0.15, -0.1) is 0 Å². The zero-order valence-electron chi connectivity index (χ0n) is 35.7. The first-order chi connectivity index (χ1) is 31.0. The van der Waals surface area contributed by atoms with Crippen LogP contribution in [-0.2, 0) is 57.0 Å². The molecule has 5 fully saturated rings. The highest BCUT2D eigenvalue weighted by Crippen LogP contribution is 2.40. The Labute approximate surface area is 374 Å². The number of carboxylic acid groups (broad SMARTS) is 1. The Bertz CT molecular complexity index is 1610. The highest BCUT2D eigenvalue weighted by Gasteiger charge is 2.61. The minimum Gasteiger partial charge on any atom is -0.477 e. The molecule has 17 N–H and O–H groups in total. The van der Waals surface area contributed by atoms with Crippen molar-refractivity contribution in [3.05, 3.63) is 0 Å². The fourth-order valence-electron chi connectivity index (χ4n) is 8.49. The molecule has 5 rings (SSSR count). The zero-order chi connectivity index (χ0) is 49.1. The van der Waals surface area contributed by atoms with Gasteiger partial charge in [0.2, 0.25) is 11.8 Å². The summed E-state index contributed by atoms with van der Waals surface area (Å²) in [5.74, 6) is -6.88. The van der Waals surface area contributed by atoms with Crippen molar-refractivity contribution in [2.24, 2.45) is 0 Å². The molecule has 0 aromatic carbocycles. The number of carbonyl (C=O) groups excluding carboxylic acids is 2. The lowest BCUT2D eigenvalue weighted by atomic mass is 9.88. The molecule has 5 aliphatic rings. The quantitative estimate of drug-likeness (QED) is 0.0643. The summed E-state index contributed by atoms with van der Waals surface area (Å²) in [6, 6.07) is -3.39. The van der Waals surface area contributed by atoms with Crippen molar-refractivity contribution in [1.29, 1.82) is 0 Å². The van der Waals surface area contributed by atoms with Crippen LogP contribution in [0.15, 0.2) is 0 Å². The molecule has 66 heavy (non-hydrogen) atoms. The molecular formula is C37H62N2O27. The first-order valence-electron chi connectivity index (χ1n) is 21.0. The molecule has 25 atom stereocenters. The van der Waals surface area contributed by atoms with E-state index < -0.39 is 204 Å². The second-order valence-corrected chi connectivity index (χ2v) is 16.8. The number of nitrogens with one attached hydrogen (secondary N) is 2. The Balaban J connectivity index is 1.54. The molecule has 0 aromatic heterocycles. The number of hydrogen-bond acceptors (Lipinski definition) is 26. The molecule has 0 spiro atoms. The molecular weight excluding hydrogens is 904 g/mol. The maximum Gasteiger partial charge on any atom is 0.364 e. The standard InChI is InChI=1S/C37H62N2O27/c1-10-4-13(46)22(50)34(58-10)63-29-20(39-12(3)45)33(64-30-23(51)16(7-41)59-32(55)25(30)53)61-18(9-43)27(29)62-35-26(54)31(24(52)17(8-42)60-35)66-37(36(56)57)5-14(47)19(38-11(2)44)28(65-37)21(49)15(48)6-40/h10,13-35,40-43,46-55H,4-9H2,1-3H3,(H,38,44)(H,39,45)(H,56,57)/t10-,13+,14-,15+,16+,17+,18+,19+,20+,21-,22-,23-,24-,25+,26+,27+,28+,29+,30-,31-,32+,33-,34-,35-,37-/m0/s1. The lowest BCUT2D eigenvalue weighted by molar-refractivity contribution is -0.395. The Kier molecular flexibility index (Phi) is 18.9. The topological polar surface area (TPSA) is 462 Å². The summed E-state index contributed by atoms with van der Waals surface area (Å²) in [5.41, 5.74) is 0. The van der Waals surface area contributed by atoms with Crippen LogP contribution >= 0.6 is 0 Å². The van der Waals surface area contributed by atoms with Crippen LogP contribution in [0.2, 0.25) is 0 Å². The Morgan fingerprint density at radius 1 is 0.636 bits per heavy atom. The zero-order valence-corrected chi connectivity index (χ0v) is 35.7. The number of carboxylic acids is 1. The number of amides is 2. The molecule has 0 bridgehead atoms. The van der Waals surface area contributed by atoms with Gasteiger partial charge in [-0.3, -0.25) is 9.59 Å². The summed E-state index contributed by atoms with van der Waals surface area (Å²) in [6.45, 7) is -0.640. The van der Waals surface area contributed by atoms with E-state index in [1.54, 1.807) is 0 Å². The van der Waals surface area contributed by atoms with Crippen LogP contribution in [0.5, 0.6) is 0 Å². The third kappa shape index (κ3) is 11.7. The third-order valence-corrected chi connectivity index (χ3v) is 11.9. The number of rotatable bonds is 17. The van der Waals surface area contributed by atoms with Crippen molar-refractivity contribution >= 4 is 17.8 Å². The lowest BCUT2D eigenvalue weighted by Gasteiger charge is -2.52. The van der Waals surface area contributed by atoms with Gasteiger partial charge in [-0.1, -0.05) is 0 Å². The SMILES string of the molecule is CC(=O)N[C@H]1[C@H](O[C@@H]2[C@@H](O)[C@H](O)O[C@H](CO)[C@@H]2O)O[C@H](CO)[C@@H](O[C@@H]2O[C@H](CO)[C@H](O)[C@H](O[C@]3(C(=O)O)C[C@H](O)[C@@H](NC(C)=O)[C@H]([C@@H](O)[C@H](O)CO)O3)[C@H]2O)[C@@H]1O[C@@H]1O[C@@H](C)C[C@@H](O)[C@@H]1O. The lowest BCUT2D eigenvalue weighted by Crippen LogP contribution is -2.72. The highest BCUT2D eigenvalue weighted by molar-refractivity contribution is 5.76. The molecule has 0 saturated carbocycles. The fraction of sp³-hybridized carbons (Fsp3) is 0.919. The van der Waals surface area contributed by atoms with Gasteiger partial charge in [0.05, 0.1) is 50.8 Å². The smallest absolute Gasteiger partial charge is 0.364 e. The molecule has 29 nitrogen and oxygen atoms in total. The van der Waals surface area contributed by atoms with Crippen LogP contribution < -0.4 is 10.6 Å². The number of ether oxygens (including phenoxy) is 9. The molecule has 0 aromatic rings. The van der Waals surface area contributed by atoms with Crippen molar-refractivity contribution in [3.63, 3.8) is 0 Å². The number of aliphatic hydroxyl groups excluding tert-OH is 14. The van der Waals surface area contributed by atoms with Crippen molar-refractivity contribution in [2.75, 3.05) is 26.4 Å². The van der Waals surface area contributed by atoms with Crippen LogP contribution in [-0.4, -0.2) is 274 Å². The maximum absolute atomic E-state index is 13.0. The predicted molar refractivity (Wildman–Crippen MR) is 204 cm³/mol. The van der Waals surface area contributed by atoms with Gasteiger partial charge < -0.3 is 130 Å². The van der Waals surface area contributed by atoms with Crippen molar-refractivity contribution in [1.82, 2.24) is 10.6 Å². The predicted octanol–water partition coefficient (Wildman–Crippen LogP) is -10.4. The van der Waals surface area contributed by atoms with Gasteiger partial charge in [0.15, 0.2) is 25.2 Å². The van der Waals surface area contributed by atoms with E-state index in [1.165, 1.54) is 6.92 Å². The van der Waals surface area contributed by atoms with Crippen molar-refractivity contribution < 1.29 is 134 Å². The molecule has 5 heterocycles. The Morgan fingerprint density at radius 3 is 1.74 bits per heavy atom. The molecule has 0 unspecified atom stereocenters. The van der Waals surface area contributed by atoms with Gasteiger partial charge in [-0.2, -0.15) is 0 Å². The van der Waals surface area contributed by atoms with Gasteiger partial charge in [-0.05, 0) is 6.92 Å². The minimum absolute atomic E-state index is 0.0781. The summed E-state index contributed by atoms with van der Waals surface area (Å²) in [4.78, 5) is 37.9. The normalized spacial score (nSPS) is 46.5. The van der Waals surface area contributed by atoms with Crippen LogP contribution in [0, 0.1) is 0 Å². The summed E-state index contributed by atoms with van der Waals surface area (Å²) < 4.78 is 52.0. The van der Waals surface area contributed by atoms with E-state index in [2.05, 4.69) is 10.6 Å². The molecule has 0 radical (unpaired) electrons. The van der Waals surface area contributed by atoms with E-state index >= 15 is 0 Å². The number of aliphatic carboxylic acids is 1. The number of hydrogen-bond donors (Lipinski definition) is 17. The van der Waals surface area contributed by atoms with E-state index in [4.69, 9.17) is 42.6 Å². The molecule has 5 saturated heterocycles. The van der Waals surface area contributed by atoms with Crippen LogP contribution in [0.25, 0.3) is 0 Å². The monoisotopic (exact) mass is 966 g/mol. The van der Waals surface area contributed by atoms with Crippen molar-refractivity contribution in [2.45, 2.75) is 187 Å². The summed E-state index contributed by atoms with van der Waals surface area (Å²) in [7, 11) is 0. The molecule has 5 aliphatic heterocycles. The van der Waals surface area contributed by atoms with E-state index in [0.717, 1.165) is 13.8 Å². The Morgan fingerprint density at radius 2 is 1.17 bits per heavy atom. The first kappa shape index (κ1) is 54.4. The molecule has 29 heteroatoms. The number of carbonyl (C=O) groups is 3. The second kappa shape index (κ2) is 22.9. The second-order valence-electron chi connectivity index (χ2n) is 16.8. The van der Waals surface area contributed by atoms with Crippen molar-refractivity contribution in [3.8, 4) is 0 Å². The van der Waals surface area contributed by atoms with E-state index in [9.17, 15) is 91.0 Å². The maximum atomic E-state index is 13.0. The van der Waals surface area contributed by atoms with Gasteiger partial charge in [0.1, 0.15) is 97.6 Å².